The predicted molar refractivity (Wildman–Crippen MR) is 77.7 cm³/mol. The lowest BCUT2D eigenvalue weighted by Gasteiger charge is -2.06. The van der Waals surface area contributed by atoms with Crippen LogP contribution >= 0.6 is 27.3 Å². The average molecular weight is 379 g/mol. The number of hydrogen-bond donors (Lipinski definition) is 2. The molecule has 1 aromatic heterocycles. The lowest BCUT2D eigenvalue weighted by molar-refractivity contribution is 0.102. The molecule has 2 aromatic rings. The van der Waals surface area contributed by atoms with Crippen LogP contribution in [0.25, 0.3) is 0 Å². The van der Waals surface area contributed by atoms with Gasteiger partial charge >= 0.3 is 0 Å². The van der Waals surface area contributed by atoms with E-state index in [1.807, 2.05) is 0 Å². The molecular formula is C11H8BrFN2O3S2. The number of nitrogens with two attached hydrogens (primary N) is 1. The molecule has 2 rings (SSSR count). The van der Waals surface area contributed by atoms with E-state index in [1.165, 1.54) is 11.3 Å². The van der Waals surface area contributed by atoms with E-state index in [4.69, 9.17) is 5.14 Å². The van der Waals surface area contributed by atoms with E-state index in [2.05, 4.69) is 21.2 Å². The van der Waals surface area contributed by atoms with Gasteiger partial charge in [-0.15, -0.1) is 11.3 Å². The van der Waals surface area contributed by atoms with Gasteiger partial charge in [0.2, 0.25) is 10.0 Å². The molecule has 0 saturated heterocycles. The van der Waals surface area contributed by atoms with Gasteiger partial charge in [0.15, 0.2) is 0 Å². The van der Waals surface area contributed by atoms with Crippen molar-refractivity contribution < 1.29 is 17.6 Å². The maximum Gasteiger partial charge on any atom is 0.256 e. The molecule has 0 saturated carbocycles. The average Bonchev–Trinajstić information content (AvgIpc) is 2.74. The zero-order chi connectivity index (χ0) is 14.9. The highest BCUT2D eigenvalue weighted by atomic mass is 79.9. The van der Waals surface area contributed by atoms with Gasteiger partial charge in [-0.05, 0) is 40.2 Å². The fraction of sp³-hybridized carbons (Fsp3) is 0. The monoisotopic (exact) mass is 378 g/mol. The minimum Gasteiger partial charge on any atom is -0.322 e. The first-order chi connectivity index (χ1) is 9.25. The lowest BCUT2D eigenvalue weighted by Crippen LogP contribution is -2.15. The van der Waals surface area contributed by atoms with Crippen LogP contribution in [0, 0.1) is 5.82 Å². The summed E-state index contributed by atoms with van der Waals surface area (Å²) in [5.74, 6) is -1.28. The number of amides is 1. The molecule has 0 radical (unpaired) electrons. The van der Waals surface area contributed by atoms with Crippen LogP contribution in [0.15, 0.2) is 38.3 Å². The van der Waals surface area contributed by atoms with Crippen LogP contribution in [0.5, 0.6) is 0 Å². The number of benzene rings is 1. The van der Waals surface area contributed by atoms with Gasteiger partial charge in [0, 0.05) is 11.1 Å². The second kappa shape index (κ2) is 5.60. The van der Waals surface area contributed by atoms with E-state index >= 15 is 0 Å². The van der Waals surface area contributed by atoms with Crippen LogP contribution in [0.1, 0.15) is 10.4 Å². The zero-order valence-corrected chi connectivity index (χ0v) is 13.0. The number of thiophene rings is 1. The first-order valence-corrected chi connectivity index (χ1v) is 8.36. The van der Waals surface area contributed by atoms with E-state index in [0.29, 0.717) is 5.56 Å². The van der Waals surface area contributed by atoms with Crippen LogP contribution in [-0.2, 0) is 10.0 Å². The molecule has 3 N–H and O–H groups in total. The van der Waals surface area contributed by atoms with E-state index < -0.39 is 26.6 Å². The third-order valence-electron chi connectivity index (χ3n) is 2.29. The van der Waals surface area contributed by atoms with Gasteiger partial charge in [0.05, 0.1) is 14.2 Å². The van der Waals surface area contributed by atoms with Crippen molar-refractivity contribution in [3.05, 3.63) is 44.8 Å². The highest BCUT2D eigenvalue weighted by Crippen LogP contribution is 2.22. The zero-order valence-electron chi connectivity index (χ0n) is 9.76. The van der Waals surface area contributed by atoms with E-state index in [0.717, 1.165) is 22.0 Å². The fourth-order valence-corrected chi connectivity index (χ4v) is 3.14. The lowest BCUT2D eigenvalue weighted by atomic mass is 10.2. The highest BCUT2D eigenvalue weighted by molar-refractivity contribution is 9.11. The molecule has 0 aliphatic rings. The summed E-state index contributed by atoms with van der Waals surface area (Å²) in [4.78, 5) is 11.5. The summed E-state index contributed by atoms with van der Waals surface area (Å²) in [6, 6.07) is 4.48. The van der Waals surface area contributed by atoms with Crippen LogP contribution in [0.3, 0.4) is 0 Å². The molecule has 0 unspecified atom stereocenters. The molecule has 0 fully saturated rings. The number of carbonyl (C=O) groups excluding carboxylic acids is 1. The summed E-state index contributed by atoms with van der Waals surface area (Å²) in [5.41, 5.74) is 0.393. The predicted octanol–water partition coefficient (Wildman–Crippen LogP) is 2.55. The molecule has 0 spiro atoms. The second-order valence-corrected chi connectivity index (χ2v) is 7.67. The largest absolute Gasteiger partial charge is 0.322 e. The number of halogens is 2. The van der Waals surface area contributed by atoms with Crippen molar-refractivity contribution in [2.75, 3.05) is 5.32 Å². The van der Waals surface area contributed by atoms with Crippen molar-refractivity contribution in [1.29, 1.82) is 0 Å². The van der Waals surface area contributed by atoms with Gasteiger partial charge in [-0.3, -0.25) is 4.79 Å². The Hall–Kier alpha value is -1.29. The maximum absolute atomic E-state index is 13.3. The van der Waals surface area contributed by atoms with Crippen LogP contribution in [-0.4, -0.2) is 14.3 Å². The summed E-state index contributed by atoms with van der Waals surface area (Å²) in [7, 11) is -4.04. The molecule has 1 aromatic carbocycles. The molecule has 9 heteroatoms. The Balaban J connectivity index is 2.30. The fourth-order valence-electron chi connectivity index (χ4n) is 1.43. The number of nitrogens with one attached hydrogen (secondary N) is 1. The summed E-state index contributed by atoms with van der Waals surface area (Å²) in [5, 5.41) is 8.95. The Morgan fingerprint density at radius 3 is 2.55 bits per heavy atom. The molecule has 1 heterocycles. The van der Waals surface area contributed by atoms with E-state index in [9.17, 15) is 17.6 Å². The Labute approximate surface area is 126 Å². The smallest absolute Gasteiger partial charge is 0.256 e. The third kappa shape index (κ3) is 3.63. The summed E-state index contributed by atoms with van der Waals surface area (Å²) < 4.78 is 36.5. The summed E-state index contributed by atoms with van der Waals surface area (Å²) in [6.07, 6.45) is 0. The first-order valence-electron chi connectivity index (χ1n) is 5.14. The van der Waals surface area contributed by atoms with Gasteiger partial charge in [0.1, 0.15) is 5.82 Å². The molecule has 1 amide bonds. The number of sulfonamides is 1. The minimum absolute atomic E-state index is 0.0151. The van der Waals surface area contributed by atoms with Crippen molar-refractivity contribution in [1.82, 2.24) is 0 Å². The van der Waals surface area contributed by atoms with E-state index in [-0.39, 0.29) is 5.69 Å². The SMILES string of the molecule is NS(=O)(=O)c1cc(F)cc(NC(=O)c2csc(Br)c2)c1. The number of anilines is 1. The Kier molecular flexibility index (Phi) is 4.23. The summed E-state index contributed by atoms with van der Waals surface area (Å²) >= 11 is 4.54. The molecule has 0 bridgehead atoms. The number of primary sulfonamides is 1. The van der Waals surface area contributed by atoms with Crippen molar-refractivity contribution in [2.45, 2.75) is 4.90 Å². The minimum atomic E-state index is -4.04. The number of rotatable bonds is 3. The van der Waals surface area contributed by atoms with Crippen molar-refractivity contribution >= 4 is 48.9 Å². The quantitative estimate of drug-likeness (QED) is 0.859. The Bertz CT molecular complexity index is 774. The Morgan fingerprint density at radius 1 is 1.30 bits per heavy atom. The number of carbonyl (C=O) groups is 1. The molecule has 0 aliphatic carbocycles. The molecule has 0 atom stereocenters. The normalized spacial score (nSPS) is 11.3. The van der Waals surface area contributed by atoms with Gasteiger partial charge in [0.25, 0.3) is 5.91 Å². The van der Waals surface area contributed by atoms with Crippen molar-refractivity contribution in [3.63, 3.8) is 0 Å². The molecule has 106 valence electrons. The first kappa shape index (κ1) is 15.1. The van der Waals surface area contributed by atoms with Gasteiger partial charge < -0.3 is 5.32 Å². The number of hydrogen-bond acceptors (Lipinski definition) is 4. The van der Waals surface area contributed by atoms with Gasteiger partial charge in [-0.1, -0.05) is 0 Å². The molecule has 0 aliphatic heterocycles. The van der Waals surface area contributed by atoms with Crippen LogP contribution < -0.4 is 10.5 Å². The van der Waals surface area contributed by atoms with E-state index in [1.54, 1.807) is 11.4 Å². The topological polar surface area (TPSA) is 89.3 Å². The standard InChI is InChI=1S/C11H8BrFN2O3S2/c12-10-1-6(5-19-10)11(16)15-8-2-7(13)3-9(4-8)20(14,17)18/h1-5H,(H,15,16)(H2,14,17,18). The van der Waals surface area contributed by atoms with Crippen molar-refractivity contribution in [2.24, 2.45) is 5.14 Å². The van der Waals surface area contributed by atoms with Gasteiger partial charge in [-0.25, -0.2) is 17.9 Å². The highest BCUT2D eigenvalue weighted by Gasteiger charge is 2.13. The van der Waals surface area contributed by atoms with Crippen LogP contribution in [0.4, 0.5) is 10.1 Å². The maximum atomic E-state index is 13.3. The van der Waals surface area contributed by atoms with Gasteiger partial charge in [-0.2, -0.15) is 0 Å². The summed E-state index contributed by atoms with van der Waals surface area (Å²) in [6.45, 7) is 0. The molecular weight excluding hydrogens is 371 g/mol. The van der Waals surface area contributed by atoms with Crippen LogP contribution in [0.2, 0.25) is 0 Å². The Morgan fingerprint density at radius 2 is 2.00 bits per heavy atom. The second-order valence-electron chi connectivity index (χ2n) is 3.81. The molecule has 20 heavy (non-hydrogen) atoms. The molecule has 5 nitrogen and oxygen atoms in total. The third-order valence-corrected chi connectivity index (χ3v) is 4.68. The van der Waals surface area contributed by atoms with Crippen molar-refractivity contribution in [3.8, 4) is 0 Å².